The van der Waals surface area contributed by atoms with Gasteiger partial charge in [0, 0.05) is 13.2 Å². The predicted octanol–water partition coefficient (Wildman–Crippen LogP) is 3.50. The third kappa shape index (κ3) is 3.97. The lowest BCUT2D eigenvalue weighted by Gasteiger charge is -2.23. The van der Waals surface area contributed by atoms with Crippen LogP contribution in [0.2, 0.25) is 0 Å². The molecule has 0 saturated carbocycles. The standard InChI is InChI=1S/C18H25N3O/c1-5-6-14-7-9-15(10-8-14)17(13(2)3)20-18(22)16-11-19-21(4)12-16/h7-13,17H,5-6H2,1-4H3,(H,20,22). The number of hydrogen-bond acceptors (Lipinski definition) is 2. The predicted molar refractivity (Wildman–Crippen MR) is 88.7 cm³/mol. The van der Waals surface area contributed by atoms with Gasteiger partial charge < -0.3 is 5.32 Å². The zero-order chi connectivity index (χ0) is 16.1. The van der Waals surface area contributed by atoms with Gasteiger partial charge in [-0.25, -0.2) is 0 Å². The second kappa shape index (κ2) is 7.25. The topological polar surface area (TPSA) is 46.9 Å². The van der Waals surface area contributed by atoms with Gasteiger partial charge in [-0.05, 0) is 23.5 Å². The molecule has 1 atom stereocenters. The summed E-state index contributed by atoms with van der Waals surface area (Å²) < 4.78 is 1.64. The monoisotopic (exact) mass is 299 g/mol. The Morgan fingerprint density at radius 3 is 2.45 bits per heavy atom. The van der Waals surface area contributed by atoms with Gasteiger partial charge in [-0.1, -0.05) is 51.5 Å². The van der Waals surface area contributed by atoms with Crippen molar-refractivity contribution in [3.05, 3.63) is 53.3 Å². The molecule has 0 fully saturated rings. The van der Waals surface area contributed by atoms with Crippen molar-refractivity contribution in [2.45, 2.75) is 39.7 Å². The lowest BCUT2D eigenvalue weighted by Crippen LogP contribution is -2.31. The van der Waals surface area contributed by atoms with Crippen LogP contribution >= 0.6 is 0 Å². The van der Waals surface area contributed by atoms with Gasteiger partial charge in [-0.2, -0.15) is 5.10 Å². The minimum Gasteiger partial charge on any atom is -0.345 e. The number of carbonyl (C=O) groups is 1. The Morgan fingerprint density at radius 1 is 1.27 bits per heavy atom. The fourth-order valence-electron chi connectivity index (χ4n) is 2.58. The highest BCUT2D eigenvalue weighted by molar-refractivity contribution is 5.93. The number of nitrogens with one attached hydrogen (secondary N) is 1. The molecule has 0 spiro atoms. The van der Waals surface area contributed by atoms with Crippen molar-refractivity contribution in [3.8, 4) is 0 Å². The molecule has 0 radical (unpaired) electrons. The number of aryl methyl sites for hydroxylation is 2. The molecule has 1 heterocycles. The van der Waals surface area contributed by atoms with Crippen molar-refractivity contribution < 1.29 is 4.79 Å². The van der Waals surface area contributed by atoms with E-state index in [9.17, 15) is 4.79 Å². The lowest BCUT2D eigenvalue weighted by molar-refractivity contribution is 0.0925. The molecule has 2 rings (SSSR count). The summed E-state index contributed by atoms with van der Waals surface area (Å²) >= 11 is 0. The molecule has 118 valence electrons. The van der Waals surface area contributed by atoms with Crippen LogP contribution in [0.25, 0.3) is 0 Å². The van der Waals surface area contributed by atoms with Crippen LogP contribution in [0, 0.1) is 5.92 Å². The van der Waals surface area contributed by atoms with E-state index >= 15 is 0 Å². The third-order valence-electron chi connectivity index (χ3n) is 3.80. The van der Waals surface area contributed by atoms with E-state index in [4.69, 9.17) is 0 Å². The number of aromatic nitrogens is 2. The quantitative estimate of drug-likeness (QED) is 0.887. The van der Waals surface area contributed by atoms with Crippen molar-refractivity contribution in [2.24, 2.45) is 13.0 Å². The summed E-state index contributed by atoms with van der Waals surface area (Å²) in [6, 6.07) is 8.57. The number of rotatable bonds is 6. The Kier molecular flexibility index (Phi) is 5.36. The molecule has 2 aromatic rings. The number of nitrogens with zero attached hydrogens (tertiary/aromatic N) is 2. The van der Waals surface area contributed by atoms with Crippen LogP contribution in [-0.4, -0.2) is 15.7 Å². The van der Waals surface area contributed by atoms with Crippen LogP contribution in [0.1, 0.15) is 54.7 Å². The molecule has 1 N–H and O–H groups in total. The fourth-order valence-corrected chi connectivity index (χ4v) is 2.58. The van der Waals surface area contributed by atoms with E-state index in [1.807, 2.05) is 7.05 Å². The first-order valence-corrected chi connectivity index (χ1v) is 7.89. The molecule has 4 nitrogen and oxygen atoms in total. The molecule has 4 heteroatoms. The van der Waals surface area contributed by atoms with Crippen LogP contribution in [0.15, 0.2) is 36.7 Å². The molecule has 0 saturated heterocycles. The van der Waals surface area contributed by atoms with Crippen molar-refractivity contribution in [1.82, 2.24) is 15.1 Å². The molecule has 1 aromatic carbocycles. The van der Waals surface area contributed by atoms with E-state index in [0.717, 1.165) is 18.4 Å². The van der Waals surface area contributed by atoms with Gasteiger partial charge in [0.2, 0.25) is 0 Å². The summed E-state index contributed by atoms with van der Waals surface area (Å²) in [5.74, 6) is 0.238. The molecule has 0 aliphatic heterocycles. The molecule has 0 bridgehead atoms. The van der Waals surface area contributed by atoms with Gasteiger partial charge in [0.15, 0.2) is 0 Å². The second-order valence-electron chi connectivity index (χ2n) is 6.09. The minimum absolute atomic E-state index is 0.00313. The second-order valence-corrected chi connectivity index (χ2v) is 6.09. The molecule has 1 aromatic heterocycles. The number of amides is 1. The number of hydrogen-bond donors (Lipinski definition) is 1. The van der Waals surface area contributed by atoms with Crippen molar-refractivity contribution >= 4 is 5.91 Å². The molecule has 1 amide bonds. The van der Waals surface area contributed by atoms with Gasteiger partial charge in [-0.3, -0.25) is 9.48 Å². The van der Waals surface area contributed by atoms with E-state index in [0.29, 0.717) is 11.5 Å². The fraction of sp³-hybridized carbons (Fsp3) is 0.444. The average Bonchev–Trinajstić information content (AvgIpc) is 2.92. The maximum absolute atomic E-state index is 12.4. The van der Waals surface area contributed by atoms with E-state index in [1.54, 1.807) is 17.1 Å². The van der Waals surface area contributed by atoms with Crippen molar-refractivity contribution in [2.75, 3.05) is 0 Å². The highest BCUT2D eigenvalue weighted by Gasteiger charge is 2.19. The zero-order valence-electron chi connectivity index (χ0n) is 13.8. The van der Waals surface area contributed by atoms with Gasteiger partial charge >= 0.3 is 0 Å². The Morgan fingerprint density at radius 2 is 1.95 bits per heavy atom. The van der Waals surface area contributed by atoms with Gasteiger partial charge in [0.1, 0.15) is 0 Å². The van der Waals surface area contributed by atoms with E-state index < -0.39 is 0 Å². The van der Waals surface area contributed by atoms with Crippen LogP contribution in [-0.2, 0) is 13.5 Å². The number of benzene rings is 1. The van der Waals surface area contributed by atoms with Crippen molar-refractivity contribution in [1.29, 1.82) is 0 Å². The molecular weight excluding hydrogens is 274 g/mol. The summed E-state index contributed by atoms with van der Waals surface area (Å²) in [5.41, 5.74) is 3.08. The first-order valence-electron chi connectivity index (χ1n) is 7.89. The Hall–Kier alpha value is -2.10. The molecule has 0 aliphatic rings. The molecular formula is C18H25N3O. The van der Waals surface area contributed by atoms with Gasteiger partial charge in [0.25, 0.3) is 5.91 Å². The van der Waals surface area contributed by atoms with Crippen LogP contribution in [0.5, 0.6) is 0 Å². The van der Waals surface area contributed by atoms with Crippen LogP contribution < -0.4 is 5.32 Å². The Balaban J connectivity index is 2.14. The van der Waals surface area contributed by atoms with Gasteiger partial charge in [-0.15, -0.1) is 0 Å². The summed E-state index contributed by atoms with van der Waals surface area (Å²) in [6.45, 7) is 6.42. The first kappa shape index (κ1) is 16.3. The summed E-state index contributed by atoms with van der Waals surface area (Å²) in [6.07, 6.45) is 5.56. The summed E-state index contributed by atoms with van der Waals surface area (Å²) in [7, 11) is 1.81. The SMILES string of the molecule is CCCc1ccc(C(NC(=O)c2cnn(C)c2)C(C)C)cc1. The minimum atomic E-state index is -0.0792. The van der Waals surface area contributed by atoms with Crippen LogP contribution in [0.3, 0.4) is 0 Å². The highest BCUT2D eigenvalue weighted by Crippen LogP contribution is 2.23. The van der Waals surface area contributed by atoms with E-state index in [1.165, 1.54) is 5.56 Å². The molecule has 0 aliphatic carbocycles. The maximum Gasteiger partial charge on any atom is 0.254 e. The van der Waals surface area contributed by atoms with Crippen molar-refractivity contribution in [3.63, 3.8) is 0 Å². The first-order chi connectivity index (χ1) is 10.5. The van der Waals surface area contributed by atoms with E-state index in [2.05, 4.69) is 55.5 Å². The lowest BCUT2D eigenvalue weighted by atomic mass is 9.94. The molecule has 1 unspecified atom stereocenters. The third-order valence-corrected chi connectivity index (χ3v) is 3.80. The van der Waals surface area contributed by atoms with Gasteiger partial charge in [0.05, 0.1) is 17.8 Å². The Bertz CT molecular complexity index is 614. The van der Waals surface area contributed by atoms with Crippen LogP contribution in [0.4, 0.5) is 0 Å². The highest BCUT2D eigenvalue weighted by atomic mass is 16.1. The molecule has 22 heavy (non-hydrogen) atoms. The summed E-state index contributed by atoms with van der Waals surface area (Å²) in [5, 5.41) is 7.17. The Labute approximate surface area is 132 Å². The number of carbonyl (C=O) groups excluding carboxylic acids is 1. The van der Waals surface area contributed by atoms with E-state index in [-0.39, 0.29) is 11.9 Å². The average molecular weight is 299 g/mol. The maximum atomic E-state index is 12.4. The zero-order valence-corrected chi connectivity index (χ0v) is 13.8. The summed E-state index contributed by atoms with van der Waals surface area (Å²) in [4.78, 5) is 12.4. The normalized spacial score (nSPS) is 12.4. The smallest absolute Gasteiger partial charge is 0.254 e. The largest absolute Gasteiger partial charge is 0.345 e.